The molecule has 1 aromatic carbocycles. The standard InChI is InChI=1S/C15H22N2O2S2/c1-12-3-2-9-17(10-8-12)21(18,19)11-13-4-6-14(7-5-13)15(16)20/h4-7,12H,2-3,8-11H2,1H3,(H2,16,20). The summed E-state index contributed by atoms with van der Waals surface area (Å²) in [5.41, 5.74) is 7.07. The Balaban J connectivity index is 2.07. The summed E-state index contributed by atoms with van der Waals surface area (Å²) in [6, 6.07) is 7.12. The number of hydrogen-bond acceptors (Lipinski definition) is 3. The molecule has 1 fully saturated rings. The van der Waals surface area contributed by atoms with E-state index in [1.165, 1.54) is 0 Å². The van der Waals surface area contributed by atoms with Crippen molar-refractivity contribution < 1.29 is 8.42 Å². The van der Waals surface area contributed by atoms with Gasteiger partial charge in [0, 0.05) is 18.7 Å². The summed E-state index contributed by atoms with van der Waals surface area (Å²) in [5, 5.41) is 0. The maximum Gasteiger partial charge on any atom is 0.218 e. The highest BCUT2D eigenvalue weighted by Gasteiger charge is 2.24. The zero-order chi connectivity index (χ0) is 15.5. The molecular formula is C15H22N2O2S2. The second kappa shape index (κ2) is 6.85. The molecule has 0 bridgehead atoms. The lowest BCUT2D eigenvalue weighted by atomic mass is 10.0. The van der Waals surface area contributed by atoms with Gasteiger partial charge in [-0.3, -0.25) is 0 Å². The molecule has 2 N–H and O–H groups in total. The predicted octanol–water partition coefficient (Wildman–Crippen LogP) is 2.27. The minimum atomic E-state index is -3.25. The molecule has 2 rings (SSSR count). The molecule has 4 nitrogen and oxygen atoms in total. The summed E-state index contributed by atoms with van der Waals surface area (Å²) in [6.07, 6.45) is 3.00. The minimum absolute atomic E-state index is 0.0407. The van der Waals surface area contributed by atoms with Gasteiger partial charge in [0.15, 0.2) is 0 Å². The number of benzene rings is 1. The number of sulfonamides is 1. The zero-order valence-corrected chi connectivity index (χ0v) is 13.9. The summed E-state index contributed by atoms with van der Waals surface area (Å²) in [6.45, 7) is 3.46. The number of thiocarbonyl (C=S) groups is 1. The van der Waals surface area contributed by atoms with Crippen molar-refractivity contribution in [2.75, 3.05) is 13.1 Å². The van der Waals surface area contributed by atoms with Crippen LogP contribution >= 0.6 is 12.2 Å². The third-order valence-corrected chi connectivity index (χ3v) is 6.04. The normalized spacial score (nSPS) is 20.9. The maximum absolute atomic E-state index is 12.5. The fraction of sp³-hybridized carbons (Fsp3) is 0.533. The van der Waals surface area contributed by atoms with Gasteiger partial charge < -0.3 is 5.73 Å². The Hall–Kier alpha value is -0.980. The van der Waals surface area contributed by atoms with Crippen LogP contribution in [0.1, 0.15) is 37.3 Å². The Bertz CT molecular complexity index is 597. The van der Waals surface area contributed by atoms with Crippen LogP contribution in [-0.2, 0) is 15.8 Å². The predicted molar refractivity (Wildman–Crippen MR) is 89.5 cm³/mol. The zero-order valence-electron chi connectivity index (χ0n) is 12.3. The van der Waals surface area contributed by atoms with Crippen LogP contribution in [0.3, 0.4) is 0 Å². The van der Waals surface area contributed by atoms with Crippen LogP contribution in [-0.4, -0.2) is 30.8 Å². The summed E-state index contributed by atoms with van der Waals surface area (Å²) in [4.78, 5) is 0.325. The molecule has 116 valence electrons. The van der Waals surface area contributed by atoms with Crippen LogP contribution in [0.15, 0.2) is 24.3 Å². The molecule has 6 heteroatoms. The Labute approximate surface area is 132 Å². The Morgan fingerprint density at radius 1 is 1.29 bits per heavy atom. The van der Waals surface area contributed by atoms with Gasteiger partial charge in [0.2, 0.25) is 10.0 Å². The number of nitrogens with two attached hydrogens (primary N) is 1. The van der Waals surface area contributed by atoms with E-state index in [2.05, 4.69) is 6.92 Å². The summed E-state index contributed by atoms with van der Waals surface area (Å²) >= 11 is 4.89. The van der Waals surface area contributed by atoms with Crippen LogP contribution in [0, 0.1) is 5.92 Å². The average Bonchev–Trinajstić information content (AvgIpc) is 2.64. The largest absolute Gasteiger partial charge is 0.389 e. The highest BCUT2D eigenvalue weighted by molar-refractivity contribution is 7.88. The lowest BCUT2D eigenvalue weighted by Crippen LogP contribution is -2.33. The highest BCUT2D eigenvalue weighted by Crippen LogP contribution is 2.20. The molecule has 1 aliphatic rings. The van der Waals surface area contributed by atoms with Gasteiger partial charge in [-0.05, 0) is 30.7 Å². The second-order valence-electron chi connectivity index (χ2n) is 5.75. The summed E-state index contributed by atoms with van der Waals surface area (Å²) in [7, 11) is -3.25. The average molecular weight is 326 g/mol. The van der Waals surface area contributed by atoms with Crippen LogP contribution in [0.2, 0.25) is 0 Å². The van der Waals surface area contributed by atoms with E-state index in [0.29, 0.717) is 24.0 Å². The first-order chi connectivity index (χ1) is 9.88. The van der Waals surface area contributed by atoms with Crippen molar-refractivity contribution in [3.05, 3.63) is 35.4 Å². The second-order valence-corrected chi connectivity index (χ2v) is 8.16. The summed E-state index contributed by atoms with van der Waals surface area (Å²) in [5.74, 6) is 0.647. The van der Waals surface area contributed by atoms with E-state index in [-0.39, 0.29) is 5.75 Å². The molecule has 1 heterocycles. The fourth-order valence-electron chi connectivity index (χ4n) is 2.58. The molecule has 1 saturated heterocycles. The molecule has 21 heavy (non-hydrogen) atoms. The molecule has 0 spiro atoms. The van der Waals surface area contributed by atoms with Gasteiger partial charge in [0.25, 0.3) is 0 Å². The van der Waals surface area contributed by atoms with E-state index in [1.807, 2.05) is 0 Å². The van der Waals surface area contributed by atoms with Gasteiger partial charge in [-0.1, -0.05) is 43.4 Å². The quantitative estimate of drug-likeness (QED) is 0.862. The molecule has 0 aromatic heterocycles. The van der Waals surface area contributed by atoms with Crippen molar-refractivity contribution in [3.8, 4) is 0 Å². The van der Waals surface area contributed by atoms with E-state index in [9.17, 15) is 8.42 Å². The topological polar surface area (TPSA) is 63.4 Å². The smallest absolute Gasteiger partial charge is 0.218 e. The van der Waals surface area contributed by atoms with Crippen molar-refractivity contribution in [2.45, 2.75) is 31.9 Å². The van der Waals surface area contributed by atoms with Crippen molar-refractivity contribution in [1.82, 2.24) is 4.31 Å². The molecule has 0 aliphatic carbocycles. The van der Waals surface area contributed by atoms with E-state index in [0.717, 1.165) is 30.4 Å². The maximum atomic E-state index is 12.5. The van der Waals surface area contributed by atoms with Crippen molar-refractivity contribution >= 4 is 27.2 Å². The number of hydrogen-bond donors (Lipinski definition) is 1. The van der Waals surface area contributed by atoms with Gasteiger partial charge >= 0.3 is 0 Å². The van der Waals surface area contributed by atoms with Gasteiger partial charge in [-0.2, -0.15) is 0 Å². The Morgan fingerprint density at radius 2 is 1.95 bits per heavy atom. The van der Waals surface area contributed by atoms with Crippen LogP contribution in [0.5, 0.6) is 0 Å². The molecule has 0 amide bonds. The first kappa shape index (κ1) is 16.4. The molecule has 0 radical (unpaired) electrons. The third kappa shape index (κ3) is 4.49. The van der Waals surface area contributed by atoms with E-state index >= 15 is 0 Å². The van der Waals surface area contributed by atoms with Gasteiger partial charge in [-0.25, -0.2) is 12.7 Å². The fourth-order valence-corrected chi connectivity index (χ4v) is 4.31. The van der Waals surface area contributed by atoms with Crippen molar-refractivity contribution in [1.29, 1.82) is 0 Å². The monoisotopic (exact) mass is 326 g/mol. The van der Waals surface area contributed by atoms with Gasteiger partial charge in [-0.15, -0.1) is 0 Å². The lowest BCUT2D eigenvalue weighted by Gasteiger charge is -2.20. The molecule has 1 aliphatic heterocycles. The van der Waals surface area contributed by atoms with Crippen LogP contribution in [0.4, 0.5) is 0 Å². The first-order valence-corrected chi connectivity index (χ1v) is 9.27. The number of rotatable bonds is 4. The molecule has 1 aromatic rings. The highest BCUT2D eigenvalue weighted by atomic mass is 32.2. The van der Waals surface area contributed by atoms with Gasteiger partial charge in [0.1, 0.15) is 4.99 Å². The lowest BCUT2D eigenvalue weighted by molar-refractivity contribution is 0.416. The SMILES string of the molecule is CC1CCCN(S(=O)(=O)Cc2ccc(C(N)=S)cc2)CC1. The van der Waals surface area contributed by atoms with E-state index in [1.54, 1.807) is 28.6 Å². The molecule has 1 atom stereocenters. The van der Waals surface area contributed by atoms with Crippen LogP contribution < -0.4 is 5.73 Å². The van der Waals surface area contributed by atoms with E-state index in [4.69, 9.17) is 18.0 Å². The third-order valence-electron chi connectivity index (χ3n) is 3.96. The van der Waals surface area contributed by atoms with Gasteiger partial charge in [0.05, 0.1) is 5.75 Å². The van der Waals surface area contributed by atoms with E-state index < -0.39 is 10.0 Å². The van der Waals surface area contributed by atoms with Crippen molar-refractivity contribution in [3.63, 3.8) is 0 Å². The molecular weight excluding hydrogens is 304 g/mol. The molecule has 1 unspecified atom stereocenters. The Kier molecular flexibility index (Phi) is 5.35. The van der Waals surface area contributed by atoms with Crippen molar-refractivity contribution in [2.24, 2.45) is 11.7 Å². The molecule has 0 saturated carbocycles. The minimum Gasteiger partial charge on any atom is -0.389 e. The number of nitrogens with zero attached hydrogens (tertiary/aromatic N) is 1. The Morgan fingerprint density at radius 3 is 2.57 bits per heavy atom. The van der Waals surface area contributed by atoms with Crippen LogP contribution in [0.25, 0.3) is 0 Å². The summed E-state index contributed by atoms with van der Waals surface area (Å²) < 4.78 is 26.7. The first-order valence-electron chi connectivity index (χ1n) is 7.25.